The Kier molecular flexibility index (Phi) is 3.05. The third-order valence-electron chi connectivity index (χ3n) is 3.86. The summed E-state index contributed by atoms with van der Waals surface area (Å²) in [5, 5.41) is 3.58. The topological polar surface area (TPSA) is 42.0 Å². The Balaban J connectivity index is 1.59. The molecule has 4 rings (SSSR count). The minimum absolute atomic E-state index is 0.110. The average molecular weight is 306 g/mol. The molecule has 1 aliphatic carbocycles. The molecule has 1 amide bonds. The Bertz CT molecular complexity index is 865. The van der Waals surface area contributed by atoms with Gasteiger partial charge in [-0.15, -0.1) is 11.3 Å². The highest BCUT2D eigenvalue weighted by Gasteiger charge is 2.23. The van der Waals surface area contributed by atoms with Gasteiger partial charge >= 0.3 is 0 Å². The molecule has 0 aliphatic heterocycles. The molecule has 3 aromatic rings. The molecular weight excluding hydrogens is 292 g/mol. The van der Waals surface area contributed by atoms with Crippen molar-refractivity contribution in [1.82, 2.24) is 4.98 Å². The van der Waals surface area contributed by atoms with Gasteiger partial charge in [-0.25, -0.2) is 4.98 Å². The zero-order chi connectivity index (χ0) is 15.1. The molecule has 3 nitrogen and oxygen atoms in total. The summed E-state index contributed by atoms with van der Waals surface area (Å²) in [7, 11) is 0. The summed E-state index contributed by atoms with van der Waals surface area (Å²) in [6, 6.07) is 15.8. The lowest BCUT2D eigenvalue weighted by Gasteiger charge is -2.02. The molecule has 0 spiro atoms. The van der Waals surface area contributed by atoms with Gasteiger partial charge in [-0.2, -0.15) is 0 Å². The van der Waals surface area contributed by atoms with Crippen LogP contribution in [0.15, 0.2) is 48.5 Å². The summed E-state index contributed by atoms with van der Waals surface area (Å²) in [6.45, 7) is 2.00. The molecule has 1 aliphatic rings. The van der Waals surface area contributed by atoms with Crippen LogP contribution in [0.25, 0.3) is 11.3 Å². The molecule has 0 atom stereocenters. The number of amides is 1. The highest BCUT2D eigenvalue weighted by Crippen LogP contribution is 2.40. The number of benzene rings is 2. The van der Waals surface area contributed by atoms with E-state index in [0.717, 1.165) is 17.7 Å². The van der Waals surface area contributed by atoms with E-state index >= 15 is 0 Å². The minimum Gasteiger partial charge on any atom is -0.298 e. The normalized spacial score (nSPS) is 11.9. The molecule has 1 N–H and O–H groups in total. The van der Waals surface area contributed by atoms with E-state index in [2.05, 4.69) is 28.5 Å². The number of hydrogen-bond acceptors (Lipinski definition) is 3. The Morgan fingerprint density at radius 3 is 2.73 bits per heavy atom. The minimum atomic E-state index is -0.110. The Morgan fingerprint density at radius 2 is 1.91 bits per heavy atom. The number of carbonyl (C=O) groups is 1. The number of anilines is 1. The Hall–Kier alpha value is -2.46. The van der Waals surface area contributed by atoms with Gasteiger partial charge < -0.3 is 0 Å². The number of fused-ring (bicyclic) bond motifs is 3. The fraction of sp³-hybridized carbons (Fsp3) is 0.111. The van der Waals surface area contributed by atoms with E-state index in [-0.39, 0.29) is 5.91 Å². The molecule has 0 unspecified atom stereocenters. The lowest BCUT2D eigenvalue weighted by Crippen LogP contribution is -2.11. The zero-order valence-corrected chi connectivity index (χ0v) is 12.9. The van der Waals surface area contributed by atoms with E-state index in [1.165, 1.54) is 16.0 Å². The van der Waals surface area contributed by atoms with Crippen molar-refractivity contribution in [3.05, 3.63) is 70.1 Å². The highest BCUT2D eigenvalue weighted by atomic mass is 32.1. The molecule has 0 saturated carbocycles. The second kappa shape index (κ2) is 5.07. The van der Waals surface area contributed by atoms with Crippen molar-refractivity contribution in [3.8, 4) is 11.3 Å². The third-order valence-corrected chi connectivity index (χ3v) is 4.83. The van der Waals surface area contributed by atoms with E-state index in [0.29, 0.717) is 10.7 Å². The van der Waals surface area contributed by atoms with Crippen molar-refractivity contribution in [2.75, 3.05) is 5.32 Å². The first-order valence-electron chi connectivity index (χ1n) is 7.17. The Morgan fingerprint density at radius 1 is 1.14 bits per heavy atom. The summed E-state index contributed by atoms with van der Waals surface area (Å²) in [5.41, 5.74) is 5.31. The second-order valence-corrected chi connectivity index (χ2v) is 6.53. The average Bonchev–Trinajstić information content (AvgIpc) is 3.05. The second-order valence-electron chi connectivity index (χ2n) is 5.44. The van der Waals surface area contributed by atoms with Crippen LogP contribution in [-0.4, -0.2) is 10.9 Å². The number of nitrogens with one attached hydrogen (secondary N) is 1. The number of carbonyl (C=O) groups excluding carboxylic acids is 1. The monoisotopic (exact) mass is 306 g/mol. The van der Waals surface area contributed by atoms with Crippen LogP contribution in [0, 0.1) is 6.92 Å². The van der Waals surface area contributed by atoms with Crippen molar-refractivity contribution in [2.45, 2.75) is 13.3 Å². The van der Waals surface area contributed by atoms with Gasteiger partial charge in [0.1, 0.15) is 0 Å². The highest BCUT2D eigenvalue weighted by molar-refractivity contribution is 7.16. The summed E-state index contributed by atoms with van der Waals surface area (Å²) >= 11 is 1.56. The quantitative estimate of drug-likeness (QED) is 0.601. The van der Waals surface area contributed by atoms with Crippen molar-refractivity contribution in [3.63, 3.8) is 0 Å². The molecule has 0 radical (unpaired) electrons. The van der Waals surface area contributed by atoms with Crippen LogP contribution in [0.3, 0.4) is 0 Å². The van der Waals surface area contributed by atoms with Crippen LogP contribution in [0.5, 0.6) is 0 Å². The molecular formula is C18H14N2OS. The van der Waals surface area contributed by atoms with Gasteiger partial charge in [0, 0.05) is 22.4 Å². The molecule has 1 aromatic heterocycles. The van der Waals surface area contributed by atoms with E-state index in [1.807, 2.05) is 37.3 Å². The van der Waals surface area contributed by atoms with Crippen LogP contribution in [0.4, 0.5) is 5.13 Å². The summed E-state index contributed by atoms with van der Waals surface area (Å²) in [5.74, 6) is -0.110. The summed E-state index contributed by atoms with van der Waals surface area (Å²) in [6.07, 6.45) is 0.906. The predicted octanol–water partition coefficient (Wildman–Crippen LogP) is 4.28. The number of nitrogens with zero attached hydrogens (tertiary/aromatic N) is 1. The number of thiazole rings is 1. The van der Waals surface area contributed by atoms with Crippen LogP contribution in [0.2, 0.25) is 0 Å². The molecule has 22 heavy (non-hydrogen) atoms. The number of rotatable bonds is 2. The van der Waals surface area contributed by atoms with Crippen molar-refractivity contribution in [1.29, 1.82) is 0 Å². The standard InChI is InChI=1S/C18H14N2OS/c1-11-6-8-12(9-7-11)17(21)20-18-19-16-14-5-3-2-4-13(14)10-15(16)22-18/h2-9H,10H2,1H3,(H,19,20,21). The first-order valence-corrected chi connectivity index (χ1v) is 7.98. The number of hydrogen-bond donors (Lipinski definition) is 1. The van der Waals surface area contributed by atoms with Crippen LogP contribution >= 0.6 is 11.3 Å². The van der Waals surface area contributed by atoms with Crippen molar-refractivity contribution in [2.24, 2.45) is 0 Å². The molecule has 0 fully saturated rings. The van der Waals surface area contributed by atoms with Crippen LogP contribution in [0.1, 0.15) is 26.4 Å². The maximum absolute atomic E-state index is 12.3. The predicted molar refractivity (Wildman–Crippen MR) is 89.5 cm³/mol. The van der Waals surface area contributed by atoms with Crippen LogP contribution < -0.4 is 5.32 Å². The molecule has 1 heterocycles. The van der Waals surface area contributed by atoms with Crippen LogP contribution in [-0.2, 0) is 6.42 Å². The van der Waals surface area contributed by atoms with Gasteiger partial charge in [0.15, 0.2) is 5.13 Å². The maximum atomic E-state index is 12.3. The van der Waals surface area contributed by atoms with E-state index in [4.69, 9.17) is 0 Å². The Labute approximate surface area is 132 Å². The largest absolute Gasteiger partial charge is 0.298 e. The number of aromatic nitrogens is 1. The van der Waals surface area contributed by atoms with Crippen molar-refractivity contribution >= 4 is 22.4 Å². The van der Waals surface area contributed by atoms with Gasteiger partial charge in [0.05, 0.1) is 5.69 Å². The number of aryl methyl sites for hydroxylation is 1. The first-order chi connectivity index (χ1) is 10.7. The van der Waals surface area contributed by atoms with Gasteiger partial charge in [-0.05, 0) is 24.6 Å². The van der Waals surface area contributed by atoms with Gasteiger partial charge in [0.2, 0.25) is 0 Å². The fourth-order valence-corrected chi connectivity index (χ4v) is 3.68. The summed E-state index contributed by atoms with van der Waals surface area (Å²) in [4.78, 5) is 18.1. The lowest BCUT2D eigenvalue weighted by atomic mass is 10.1. The zero-order valence-electron chi connectivity index (χ0n) is 12.1. The fourth-order valence-electron chi connectivity index (χ4n) is 2.69. The molecule has 4 heteroatoms. The van der Waals surface area contributed by atoms with E-state index in [1.54, 1.807) is 11.3 Å². The van der Waals surface area contributed by atoms with Gasteiger partial charge in [0.25, 0.3) is 5.91 Å². The summed E-state index contributed by atoms with van der Waals surface area (Å²) < 4.78 is 0. The maximum Gasteiger partial charge on any atom is 0.257 e. The van der Waals surface area contributed by atoms with E-state index in [9.17, 15) is 4.79 Å². The smallest absolute Gasteiger partial charge is 0.257 e. The third kappa shape index (κ3) is 2.22. The van der Waals surface area contributed by atoms with Gasteiger partial charge in [-0.1, -0.05) is 42.0 Å². The SMILES string of the molecule is Cc1ccc(C(=O)Nc2nc3c(s2)Cc2ccccc2-3)cc1. The van der Waals surface area contributed by atoms with Gasteiger partial charge in [-0.3, -0.25) is 10.1 Å². The lowest BCUT2D eigenvalue weighted by molar-refractivity contribution is 0.102. The van der Waals surface area contributed by atoms with E-state index < -0.39 is 0 Å². The molecule has 0 bridgehead atoms. The molecule has 108 valence electrons. The molecule has 2 aromatic carbocycles. The first kappa shape index (κ1) is 13.2. The molecule has 0 saturated heterocycles. The van der Waals surface area contributed by atoms with Crippen molar-refractivity contribution < 1.29 is 4.79 Å².